The van der Waals surface area contributed by atoms with Crippen LogP contribution in [-0.2, 0) is 13.1 Å². The highest BCUT2D eigenvalue weighted by Crippen LogP contribution is 2.20. The van der Waals surface area contributed by atoms with Gasteiger partial charge in [-0.05, 0) is 19.1 Å². The molecule has 0 amide bonds. The highest BCUT2D eigenvalue weighted by Gasteiger charge is 1.99. The molecule has 0 radical (unpaired) electrons. The van der Waals surface area contributed by atoms with E-state index in [0.717, 1.165) is 23.1 Å². The fourth-order valence-corrected chi connectivity index (χ4v) is 2.60. The van der Waals surface area contributed by atoms with Crippen LogP contribution in [0.3, 0.4) is 0 Å². The number of aromatic nitrogens is 2. The molecule has 0 unspecified atom stereocenters. The third kappa shape index (κ3) is 3.66. The third-order valence-corrected chi connectivity index (χ3v) is 3.70. The molecule has 4 nitrogen and oxygen atoms in total. The van der Waals surface area contributed by atoms with Crippen molar-refractivity contribution >= 4 is 22.9 Å². The summed E-state index contributed by atoms with van der Waals surface area (Å²) in [5.41, 5.74) is 0.737. The minimum Gasteiger partial charge on any atom is -0.310 e. The maximum atomic E-state index is 11.6. The van der Waals surface area contributed by atoms with Gasteiger partial charge in [-0.25, -0.2) is 4.98 Å². The molecule has 96 valence electrons. The second-order valence-electron chi connectivity index (χ2n) is 3.94. The van der Waals surface area contributed by atoms with Crippen LogP contribution in [-0.4, -0.2) is 16.1 Å². The molecule has 2 heterocycles. The van der Waals surface area contributed by atoms with E-state index in [0.29, 0.717) is 6.54 Å². The lowest BCUT2D eigenvalue weighted by Crippen LogP contribution is -2.26. The van der Waals surface area contributed by atoms with Gasteiger partial charge < -0.3 is 5.32 Å². The normalized spacial score (nSPS) is 10.8. The Morgan fingerprint density at radius 3 is 3.00 bits per heavy atom. The van der Waals surface area contributed by atoms with Crippen molar-refractivity contribution in [1.29, 1.82) is 0 Å². The number of nitrogens with zero attached hydrogens (tertiary/aromatic N) is 2. The largest absolute Gasteiger partial charge is 0.310 e. The molecule has 0 bridgehead atoms. The molecule has 0 atom stereocenters. The Balaban J connectivity index is 1.80. The van der Waals surface area contributed by atoms with Gasteiger partial charge in [0.2, 0.25) is 0 Å². The van der Waals surface area contributed by atoms with Crippen molar-refractivity contribution in [2.24, 2.45) is 0 Å². The molecule has 0 spiro atoms. The van der Waals surface area contributed by atoms with Crippen LogP contribution in [0.15, 0.2) is 29.3 Å². The summed E-state index contributed by atoms with van der Waals surface area (Å²) in [4.78, 5) is 16.9. The first-order valence-electron chi connectivity index (χ1n) is 5.63. The summed E-state index contributed by atoms with van der Waals surface area (Å²) in [7, 11) is 0. The minimum absolute atomic E-state index is 0.0107. The zero-order chi connectivity index (χ0) is 13.0. The number of hydrogen-bond donors (Lipinski definition) is 1. The summed E-state index contributed by atoms with van der Waals surface area (Å²) in [6, 6.07) is 5.43. The van der Waals surface area contributed by atoms with Crippen LogP contribution in [0.1, 0.15) is 10.6 Å². The molecule has 2 aromatic rings. The Hall–Kier alpha value is -1.17. The first kappa shape index (κ1) is 13.3. The Morgan fingerprint density at radius 1 is 1.50 bits per heavy atom. The molecule has 0 aliphatic carbocycles. The Kier molecular flexibility index (Phi) is 4.52. The SMILES string of the molecule is Cc1cc(=O)n(CCNCc2ccc(Cl)s2)cn1. The van der Waals surface area contributed by atoms with E-state index < -0.39 is 0 Å². The maximum Gasteiger partial charge on any atom is 0.253 e. The maximum absolute atomic E-state index is 11.6. The van der Waals surface area contributed by atoms with Gasteiger partial charge in [-0.15, -0.1) is 11.3 Å². The zero-order valence-corrected chi connectivity index (χ0v) is 11.6. The van der Waals surface area contributed by atoms with Crippen LogP contribution in [0.2, 0.25) is 4.34 Å². The fourth-order valence-electron chi connectivity index (χ4n) is 1.54. The van der Waals surface area contributed by atoms with Gasteiger partial charge in [-0.2, -0.15) is 0 Å². The second kappa shape index (κ2) is 6.13. The number of rotatable bonds is 5. The number of thiophene rings is 1. The van der Waals surface area contributed by atoms with Crippen molar-refractivity contribution in [3.05, 3.63) is 49.8 Å². The van der Waals surface area contributed by atoms with Gasteiger partial charge in [-0.3, -0.25) is 9.36 Å². The van der Waals surface area contributed by atoms with Crippen molar-refractivity contribution in [3.8, 4) is 0 Å². The summed E-state index contributed by atoms with van der Waals surface area (Å²) in [5.74, 6) is 0. The lowest BCUT2D eigenvalue weighted by Gasteiger charge is -2.06. The van der Waals surface area contributed by atoms with E-state index in [2.05, 4.69) is 10.3 Å². The van der Waals surface area contributed by atoms with Crippen LogP contribution in [0.25, 0.3) is 0 Å². The van der Waals surface area contributed by atoms with Crippen LogP contribution in [0.4, 0.5) is 0 Å². The van der Waals surface area contributed by atoms with Crippen LogP contribution >= 0.6 is 22.9 Å². The van der Waals surface area contributed by atoms with Crippen molar-refractivity contribution in [3.63, 3.8) is 0 Å². The molecule has 0 saturated carbocycles. The van der Waals surface area contributed by atoms with Gasteiger partial charge in [0.1, 0.15) is 0 Å². The smallest absolute Gasteiger partial charge is 0.253 e. The average Bonchev–Trinajstić information content (AvgIpc) is 2.73. The van der Waals surface area contributed by atoms with Crippen molar-refractivity contribution in [2.45, 2.75) is 20.0 Å². The summed E-state index contributed by atoms with van der Waals surface area (Å²) < 4.78 is 2.40. The fraction of sp³-hybridized carbons (Fsp3) is 0.333. The molecule has 0 saturated heterocycles. The summed E-state index contributed by atoms with van der Waals surface area (Å²) in [6.45, 7) is 3.92. The van der Waals surface area contributed by atoms with E-state index in [-0.39, 0.29) is 5.56 Å². The van der Waals surface area contributed by atoms with E-state index in [1.165, 1.54) is 4.88 Å². The van der Waals surface area contributed by atoms with Gasteiger partial charge in [0.25, 0.3) is 5.56 Å². The molecule has 6 heteroatoms. The predicted octanol–water partition coefficient (Wildman–Crippen LogP) is 2.06. The van der Waals surface area contributed by atoms with E-state index in [1.807, 2.05) is 19.1 Å². The van der Waals surface area contributed by atoms with Gasteiger partial charge in [0.15, 0.2) is 0 Å². The Labute approximate surface area is 114 Å². The molecule has 18 heavy (non-hydrogen) atoms. The van der Waals surface area contributed by atoms with E-state index in [4.69, 9.17) is 11.6 Å². The Morgan fingerprint density at radius 2 is 2.33 bits per heavy atom. The number of nitrogens with one attached hydrogen (secondary N) is 1. The van der Waals surface area contributed by atoms with Crippen LogP contribution < -0.4 is 10.9 Å². The number of aryl methyl sites for hydroxylation is 1. The van der Waals surface area contributed by atoms with Crippen molar-refractivity contribution in [2.75, 3.05) is 6.54 Å². The monoisotopic (exact) mass is 283 g/mol. The van der Waals surface area contributed by atoms with Gasteiger partial charge in [0.05, 0.1) is 10.7 Å². The lowest BCUT2D eigenvalue weighted by atomic mass is 10.4. The molecule has 0 aliphatic rings. The molecular weight excluding hydrogens is 270 g/mol. The molecule has 2 rings (SSSR count). The highest BCUT2D eigenvalue weighted by atomic mass is 35.5. The summed E-state index contributed by atoms with van der Waals surface area (Å²) in [6.07, 6.45) is 1.58. The van der Waals surface area contributed by atoms with Crippen molar-refractivity contribution in [1.82, 2.24) is 14.9 Å². The standard InChI is InChI=1S/C12H14ClN3OS/c1-9-6-12(17)16(8-15-9)5-4-14-7-10-2-3-11(13)18-10/h2-3,6,8,14H,4-5,7H2,1H3. The first-order valence-corrected chi connectivity index (χ1v) is 6.82. The van der Waals surface area contributed by atoms with Crippen molar-refractivity contribution < 1.29 is 0 Å². The summed E-state index contributed by atoms with van der Waals surface area (Å²) in [5, 5.41) is 3.27. The molecular formula is C12H14ClN3OS. The van der Waals surface area contributed by atoms with Crippen LogP contribution in [0.5, 0.6) is 0 Å². The average molecular weight is 284 g/mol. The summed E-state index contributed by atoms with van der Waals surface area (Å²) >= 11 is 7.40. The molecule has 1 N–H and O–H groups in total. The number of halogens is 1. The predicted molar refractivity (Wildman–Crippen MR) is 74.3 cm³/mol. The van der Waals surface area contributed by atoms with Gasteiger partial charge in [0, 0.05) is 36.3 Å². The van der Waals surface area contributed by atoms with E-state index >= 15 is 0 Å². The third-order valence-electron chi connectivity index (χ3n) is 2.47. The van der Waals surface area contributed by atoms with E-state index in [1.54, 1.807) is 28.3 Å². The molecule has 0 fully saturated rings. The molecule has 2 aromatic heterocycles. The Bertz CT molecular complexity index is 579. The van der Waals surface area contributed by atoms with Gasteiger partial charge >= 0.3 is 0 Å². The molecule has 0 aliphatic heterocycles. The topological polar surface area (TPSA) is 46.9 Å². The van der Waals surface area contributed by atoms with E-state index in [9.17, 15) is 4.79 Å². The van der Waals surface area contributed by atoms with Crippen LogP contribution in [0, 0.1) is 6.92 Å². The van der Waals surface area contributed by atoms with Gasteiger partial charge in [-0.1, -0.05) is 11.6 Å². The zero-order valence-electron chi connectivity index (χ0n) is 10.0. The quantitative estimate of drug-likeness (QED) is 0.855. The highest BCUT2D eigenvalue weighted by molar-refractivity contribution is 7.16. The number of hydrogen-bond acceptors (Lipinski definition) is 4. The lowest BCUT2D eigenvalue weighted by molar-refractivity contribution is 0.579. The first-order chi connectivity index (χ1) is 8.65. The minimum atomic E-state index is -0.0107. The second-order valence-corrected chi connectivity index (χ2v) is 5.74. The molecule has 0 aromatic carbocycles.